The number of likely N-dealkylation sites (N-methyl/N-ethyl adjacent to an activating group) is 1. The number of hydrogen-bond donors (Lipinski definition) is 1. The lowest BCUT2D eigenvalue weighted by Gasteiger charge is -2.45. The van der Waals surface area contributed by atoms with Gasteiger partial charge in [0.1, 0.15) is 29.8 Å². The number of benzene rings is 2. The zero-order valence-electron chi connectivity index (χ0n) is 27.3. The first-order valence-corrected chi connectivity index (χ1v) is 15.9. The number of fused-ring (bicyclic) bond motifs is 2. The third-order valence-electron chi connectivity index (χ3n) is 8.98. The number of anilines is 2. The van der Waals surface area contributed by atoms with E-state index in [9.17, 15) is 19.5 Å². The number of hydrogen-bond acceptors (Lipinski definition) is 8. The highest BCUT2D eigenvalue weighted by Crippen LogP contribution is 2.50. The summed E-state index contributed by atoms with van der Waals surface area (Å²) in [4.78, 5) is 59.2. The second kappa shape index (κ2) is 12.0. The van der Waals surface area contributed by atoms with Crippen LogP contribution in [0.1, 0.15) is 57.8 Å². The minimum absolute atomic E-state index is 0.0126. The Hall–Kier alpha value is -4.91. The SMILES string of the molecule is C=CC(=O)N1CC(C)N2c3nc(=O)n(-c4c(C(C)C)ncnc4C(C)C)c4c(Cl)c(-c5c(O)cccc5F)c(F)c(c34)N(C)C(=O)C2C1. The number of phenols is 1. The summed E-state index contributed by atoms with van der Waals surface area (Å²) < 4.78 is 34.0. The number of phenolic OH excluding ortho intramolecular Hbond substituents is 1. The predicted octanol–water partition coefficient (Wildman–Crippen LogP) is 5.29. The number of rotatable bonds is 5. The van der Waals surface area contributed by atoms with E-state index in [0.29, 0.717) is 11.4 Å². The van der Waals surface area contributed by atoms with Gasteiger partial charge in [-0.05, 0) is 37.0 Å². The molecule has 2 unspecified atom stereocenters. The number of aromatic hydroxyl groups is 1. The van der Waals surface area contributed by atoms with Crippen molar-refractivity contribution in [3.8, 4) is 22.6 Å². The van der Waals surface area contributed by atoms with Crippen molar-refractivity contribution in [3.05, 3.63) is 75.7 Å². The average molecular weight is 678 g/mol. The summed E-state index contributed by atoms with van der Waals surface area (Å²) in [6.07, 6.45) is 2.54. The van der Waals surface area contributed by atoms with Crippen LogP contribution in [0.2, 0.25) is 5.02 Å². The van der Waals surface area contributed by atoms with Gasteiger partial charge in [-0.25, -0.2) is 23.5 Å². The number of amides is 2. The molecule has 2 atom stereocenters. The fraction of sp³-hybridized carbons (Fsp3) is 0.353. The maximum atomic E-state index is 17.2. The molecule has 48 heavy (non-hydrogen) atoms. The van der Waals surface area contributed by atoms with Gasteiger partial charge in [0.2, 0.25) is 5.91 Å². The van der Waals surface area contributed by atoms with Gasteiger partial charge in [-0.3, -0.25) is 14.2 Å². The largest absolute Gasteiger partial charge is 0.507 e. The first kappa shape index (κ1) is 33.0. The fourth-order valence-corrected chi connectivity index (χ4v) is 7.19. The molecule has 1 N–H and O–H groups in total. The van der Waals surface area contributed by atoms with E-state index in [0.717, 1.165) is 17.0 Å². The molecular formula is C34H34ClF2N7O4. The van der Waals surface area contributed by atoms with Crippen LogP contribution >= 0.6 is 11.6 Å². The van der Waals surface area contributed by atoms with Crippen LogP contribution in [0.15, 0.2) is 42.0 Å². The standard InChI is InChI=1S/C34H34ClF2N7O4/c1-8-21(46)42-12-17(6)43-19(13-42)33(47)41(7)30-24-29(25(35)23(26(30)37)22-18(36)10-9-11-20(22)45)44(34(48)40-32(24)43)31-27(15(2)3)38-14-39-28(31)16(4)5/h8-11,14-17,19,45H,1,12-13H2,2-7H3. The number of nitrogens with zero attached hydrogens (tertiary/aromatic N) is 7. The van der Waals surface area contributed by atoms with Crippen molar-refractivity contribution in [1.29, 1.82) is 0 Å². The van der Waals surface area contributed by atoms with Crippen LogP contribution in [0.25, 0.3) is 27.7 Å². The van der Waals surface area contributed by atoms with Crippen LogP contribution in [0.5, 0.6) is 5.75 Å². The summed E-state index contributed by atoms with van der Waals surface area (Å²) in [5, 5.41) is 10.5. The zero-order chi connectivity index (χ0) is 34.9. The van der Waals surface area contributed by atoms with Crippen LogP contribution in [0.4, 0.5) is 20.3 Å². The first-order chi connectivity index (χ1) is 22.7. The molecule has 0 aliphatic carbocycles. The summed E-state index contributed by atoms with van der Waals surface area (Å²) in [6, 6.07) is 1.82. The average Bonchev–Trinajstić information content (AvgIpc) is 3.12. The lowest BCUT2D eigenvalue weighted by atomic mass is 9.97. The minimum atomic E-state index is -1.11. The van der Waals surface area contributed by atoms with Gasteiger partial charge in [-0.1, -0.05) is 51.9 Å². The molecule has 2 amide bonds. The van der Waals surface area contributed by atoms with E-state index in [1.807, 2.05) is 27.7 Å². The molecule has 4 heterocycles. The summed E-state index contributed by atoms with van der Waals surface area (Å²) in [6.45, 7) is 12.9. The molecule has 0 radical (unpaired) electrons. The Morgan fingerprint density at radius 3 is 2.29 bits per heavy atom. The number of halogens is 3. The summed E-state index contributed by atoms with van der Waals surface area (Å²) >= 11 is 7.14. The van der Waals surface area contributed by atoms with Gasteiger partial charge in [-0.2, -0.15) is 4.98 Å². The molecule has 2 aliphatic rings. The number of piperazine rings is 1. The van der Waals surface area contributed by atoms with E-state index >= 15 is 8.78 Å². The summed E-state index contributed by atoms with van der Waals surface area (Å²) in [5.41, 5.74) is -1.10. The van der Waals surface area contributed by atoms with Crippen molar-refractivity contribution in [3.63, 3.8) is 0 Å². The molecule has 0 saturated carbocycles. The lowest BCUT2D eigenvalue weighted by Crippen LogP contribution is -2.63. The smallest absolute Gasteiger partial charge is 0.354 e. The number of carbonyl (C=O) groups excluding carboxylic acids is 2. The normalized spacial score (nSPS) is 17.7. The van der Waals surface area contributed by atoms with Crippen molar-refractivity contribution in [1.82, 2.24) is 24.4 Å². The second-order valence-electron chi connectivity index (χ2n) is 12.7. The molecular weight excluding hydrogens is 644 g/mol. The Bertz CT molecular complexity index is 2050. The molecule has 4 aromatic rings. The molecule has 1 saturated heterocycles. The van der Waals surface area contributed by atoms with Crippen molar-refractivity contribution in [2.75, 3.05) is 29.9 Å². The summed E-state index contributed by atoms with van der Waals surface area (Å²) in [5.74, 6) is -4.18. The van der Waals surface area contributed by atoms with E-state index in [1.54, 1.807) is 11.8 Å². The van der Waals surface area contributed by atoms with Crippen LogP contribution in [-0.2, 0) is 9.59 Å². The van der Waals surface area contributed by atoms with Crippen LogP contribution in [-0.4, -0.2) is 73.6 Å². The fourth-order valence-electron chi connectivity index (χ4n) is 6.83. The van der Waals surface area contributed by atoms with Crippen molar-refractivity contribution in [2.24, 2.45) is 0 Å². The Morgan fingerprint density at radius 1 is 1.06 bits per heavy atom. The second-order valence-corrected chi connectivity index (χ2v) is 13.1. The van der Waals surface area contributed by atoms with Gasteiger partial charge in [0, 0.05) is 25.2 Å². The van der Waals surface area contributed by atoms with Crippen LogP contribution < -0.4 is 15.5 Å². The molecule has 11 nitrogen and oxygen atoms in total. The quantitative estimate of drug-likeness (QED) is 0.283. The van der Waals surface area contributed by atoms with E-state index in [4.69, 9.17) is 11.6 Å². The zero-order valence-corrected chi connectivity index (χ0v) is 28.0. The Balaban J connectivity index is 1.86. The number of carbonyl (C=O) groups is 2. The third kappa shape index (κ3) is 4.82. The van der Waals surface area contributed by atoms with Crippen molar-refractivity contribution in [2.45, 2.75) is 58.5 Å². The van der Waals surface area contributed by atoms with Gasteiger partial charge in [0.25, 0.3) is 5.91 Å². The predicted molar refractivity (Wildman–Crippen MR) is 179 cm³/mol. The van der Waals surface area contributed by atoms with Crippen molar-refractivity contribution < 1.29 is 23.5 Å². The van der Waals surface area contributed by atoms with E-state index in [2.05, 4.69) is 21.5 Å². The highest BCUT2D eigenvalue weighted by Gasteiger charge is 2.46. The molecule has 0 bridgehead atoms. The Labute approximate surface area is 280 Å². The van der Waals surface area contributed by atoms with E-state index < -0.39 is 63.1 Å². The molecule has 2 aromatic carbocycles. The van der Waals surface area contributed by atoms with Crippen LogP contribution in [0.3, 0.4) is 0 Å². The van der Waals surface area contributed by atoms with Gasteiger partial charge < -0.3 is 19.8 Å². The highest BCUT2D eigenvalue weighted by atomic mass is 35.5. The molecule has 0 spiro atoms. The van der Waals surface area contributed by atoms with E-state index in [-0.39, 0.29) is 53.0 Å². The maximum absolute atomic E-state index is 17.2. The van der Waals surface area contributed by atoms with Gasteiger partial charge in [0.05, 0.1) is 50.8 Å². The van der Waals surface area contributed by atoms with Gasteiger partial charge in [0.15, 0.2) is 5.82 Å². The molecule has 6 rings (SSSR count). The molecule has 2 aliphatic heterocycles. The monoisotopic (exact) mass is 677 g/mol. The van der Waals surface area contributed by atoms with Crippen LogP contribution in [0, 0.1) is 11.6 Å². The molecule has 2 aromatic heterocycles. The Morgan fingerprint density at radius 2 is 1.71 bits per heavy atom. The van der Waals surface area contributed by atoms with Crippen molar-refractivity contribution >= 4 is 45.8 Å². The maximum Gasteiger partial charge on any atom is 0.354 e. The lowest BCUT2D eigenvalue weighted by molar-refractivity contribution is -0.129. The topological polar surface area (TPSA) is 125 Å². The molecule has 14 heteroatoms. The summed E-state index contributed by atoms with van der Waals surface area (Å²) in [7, 11) is 1.35. The highest BCUT2D eigenvalue weighted by molar-refractivity contribution is 6.39. The van der Waals surface area contributed by atoms with E-state index in [1.165, 1.54) is 35.0 Å². The molecule has 1 fully saturated rings. The third-order valence-corrected chi connectivity index (χ3v) is 9.34. The van der Waals surface area contributed by atoms with Gasteiger partial charge >= 0.3 is 5.69 Å². The molecule has 250 valence electrons. The number of aromatic nitrogens is 4. The Kier molecular flexibility index (Phi) is 8.22. The first-order valence-electron chi connectivity index (χ1n) is 15.5. The minimum Gasteiger partial charge on any atom is -0.507 e. The van der Waals surface area contributed by atoms with Gasteiger partial charge in [-0.15, -0.1) is 0 Å².